The number of pyridine rings is 1. The molecule has 0 radical (unpaired) electrons. The van der Waals surface area contributed by atoms with Crippen molar-refractivity contribution in [3.63, 3.8) is 0 Å². The van der Waals surface area contributed by atoms with Crippen LogP contribution >= 0.6 is 11.6 Å². The molecule has 0 saturated heterocycles. The van der Waals surface area contributed by atoms with Gasteiger partial charge in [-0.2, -0.15) is 0 Å². The van der Waals surface area contributed by atoms with Crippen molar-refractivity contribution in [2.24, 2.45) is 5.11 Å². The molecule has 130 valence electrons. The van der Waals surface area contributed by atoms with Crippen LogP contribution < -0.4 is 9.47 Å². The fourth-order valence-electron chi connectivity index (χ4n) is 1.72. The van der Waals surface area contributed by atoms with Gasteiger partial charge in [0.15, 0.2) is 29.7 Å². The summed E-state index contributed by atoms with van der Waals surface area (Å²) in [7, 11) is 0. The Bertz CT molecular complexity index is 827. The number of nitrogens with zero attached hydrogens (tertiary/aromatic N) is 4. The number of carbonyl (C=O) groups is 1. The van der Waals surface area contributed by atoms with Crippen LogP contribution in [-0.4, -0.2) is 24.2 Å². The highest BCUT2D eigenvalue weighted by atomic mass is 35.5. The largest absolute Gasteiger partial charge is 0.478 e. The summed E-state index contributed by atoms with van der Waals surface area (Å²) >= 11 is 5.90. The highest BCUT2D eigenvalue weighted by Crippen LogP contribution is 2.35. The predicted molar refractivity (Wildman–Crippen MR) is 86.7 cm³/mol. The van der Waals surface area contributed by atoms with Gasteiger partial charge in [0, 0.05) is 11.0 Å². The van der Waals surface area contributed by atoms with Crippen molar-refractivity contribution in [1.29, 1.82) is 0 Å². The smallest absolute Gasteiger partial charge is 0.344 e. The van der Waals surface area contributed by atoms with Crippen LogP contribution in [0.1, 0.15) is 6.92 Å². The van der Waals surface area contributed by atoms with Crippen molar-refractivity contribution in [1.82, 2.24) is 4.98 Å². The summed E-state index contributed by atoms with van der Waals surface area (Å²) in [5, 5.41) is 2.99. The van der Waals surface area contributed by atoms with Gasteiger partial charge in [-0.25, -0.2) is 14.2 Å². The zero-order chi connectivity index (χ0) is 18.2. The molecule has 1 aromatic heterocycles. The third-order valence-electron chi connectivity index (χ3n) is 2.72. The van der Waals surface area contributed by atoms with Crippen molar-refractivity contribution in [3.05, 3.63) is 51.6 Å². The number of carbonyl (C=O) groups excluding carboxylic acids is 1. The third-order valence-corrected chi connectivity index (χ3v) is 3.00. The second kappa shape index (κ2) is 8.72. The molecule has 10 heteroatoms. The second-order valence-corrected chi connectivity index (χ2v) is 4.82. The molecular weight excluding hydrogens is 355 g/mol. The molecular formula is C15H12ClFN4O4. The molecule has 0 atom stereocenters. The number of benzene rings is 1. The Morgan fingerprint density at radius 3 is 2.80 bits per heavy atom. The molecule has 2 rings (SSSR count). The van der Waals surface area contributed by atoms with Gasteiger partial charge in [0.1, 0.15) is 5.02 Å². The van der Waals surface area contributed by atoms with Crippen LogP contribution in [0.2, 0.25) is 5.02 Å². The second-order valence-electron chi connectivity index (χ2n) is 4.41. The Morgan fingerprint density at radius 2 is 2.12 bits per heavy atom. The first-order valence-electron chi connectivity index (χ1n) is 7.01. The topological polar surface area (TPSA) is 106 Å². The average molecular weight is 367 g/mol. The number of aromatic nitrogens is 1. The number of ether oxygens (including phenoxy) is 3. The molecule has 0 unspecified atom stereocenters. The van der Waals surface area contributed by atoms with Gasteiger partial charge in [-0.05, 0) is 29.7 Å². The van der Waals surface area contributed by atoms with E-state index in [-0.39, 0.29) is 35.6 Å². The van der Waals surface area contributed by atoms with E-state index in [1.807, 2.05) is 0 Å². The highest BCUT2D eigenvalue weighted by molar-refractivity contribution is 6.31. The summed E-state index contributed by atoms with van der Waals surface area (Å²) in [5.74, 6) is -1.71. The first-order chi connectivity index (χ1) is 12.0. The van der Waals surface area contributed by atoms with Gasteiger partial charge < -0.3 is 14.2 Å². The van der Waals surface area contributed by atoms with E-state index in [1.165, 1.54) is 6.07 Å². The SMILES string of the molecule is CCOC(=O)COc1ccccc1Oc1nc(N=[N+]=[N-])c(F)cc1Cl. The molecule has 25 heavy (non-hydrogen) atoms. The maximum absolute atomic E-state index is 13.6. The number of hydrogen-bond acceptors (Lipinski definition) is 6. The lowest BCUT2D eigenvalue weighted by atomic mass is 10.3. The van der Waals surface area contributed by atoms with Gasteiger partial charge in [-0.3, -0.25) is 0 Å². The Balaban J connectivity index is 2.24. The molecule has 0 amide bonds. The first kappa shape index (κ1) is 18.3. The fraction of sp³-hybridized carbons (Fsp3) is 0.200. The van der Waals surface area contributed by atoms with Crippen molar-refractivity contribution in [2.45, 2.75) is 6.92 Å². The van der Waals surface area contributed by atoms with Crippen LogP contribution in [0.3, 0.4) is 0 Å². The van der Waals surface area contributed by atoms with Crippen molar-refractivity contribution in [2.75, 3.05) is 13.2 Å². The van der Waals surface area contributed by atoms with Gasteiger partial charge in [0.05, 0.1) is 6.61 Å². The molecule has 0 fully saturated rings. The average Bonchev–Trinajstić information content (AvgIpc) is 2.58. The quantitative estimate of drug-likeness (QED) is 0.309. The molecule has 0 N–H and O–H groups in total. The maximum Gasteiger partial charge on any atom is 0.344 e. The summed E-state index contributed by atoms with van der Waals surface area (Å²) in [6.07, 6.45) is 0. The monoisotopic (exact) mass is 366 g/mol. The summed E-state index contributed by atoms with van der Waals surface area (Å²) in [4.78, 5) is 17.6. The number of rotatable bonds is 7. The molecule has 0 aliphatic carbocycles. The van der Waals surface area contributed by atoms with E-state index < -0.39 is 17.6 Å². The summed E-state index contributed by atoms with van der Waals surface area (Å²) in [6, 6.07) is 7.32. The normalized spacial score (nSPS) is 9.88. The Kier molecular flexibility index (Phi) is 6.39. The van der Waals surface area contributed by atoms with Crippen molar-refractivity contribution >= 4 is 23.4 Å². The fourth-order valence-corrected chi connectivity index (χ4v) is 1.90. The van der Waals surface area contributed by atoms with Crippen molar-refractivity contribution < 1.29 is 23.4 Å². The number of halogens is 2. The molecule has 0 saturated carbocycles. The van der Waals surface area contributed by atoms with Gasteiger partial charge in [-0.15, -0.1) is 0 Å². The molecule has 2 aromatic rings. The Hall–Kier alpha value is -3.03. The van der Waals surface area contributed by atoms with E-state index in [4.69, 9.17) is 31.3 Å². The number of esters is 1. The standard InChI is InChI=1S/C15H12ClFN4O4/c1-2-23-13(22)8-24-11-5-3-4-6-12(11)25-15-9(16)7-10(17)14(19-15)20-21-18/h3-7H,2,8H2,1H3. The van der Waals surface area contributed by atoms with Gasteiger partial charge in [0.2, 0.25) is 5.88 Å². The predicted octanol–water partition coefficient (Wildman–Crippen LogP) is 4.55. The van der Waals surface area contributed by atoms with Gasteiger partial charge in [-0.1, -0.05) is 23.7 Å². The van der Waals surface area contributed by atoms with E-state index in [9.17, 15) is 9.18 Å². The van der Waals surface area contributed by atoms with E-state index in [0.717, 1.165) is 6.07 Å². The molecule has 8 nitrogen and oxygen atoms in total. The van der Waals surface area contributed by atoms with Crippen LogP contribution in [0.5, 0.6) is 17.4 Å². The van der Waals surface area contributed by atoms with Crippen LogP contribution in [0.25, 0.3) is 10.4 Å². The van der Waals surface area contributed by atoms with Gasteiger partial charge in [0.25, 0.3) is 0 Å². The number of azide groups is 1. The lowest BCUT2D eigenvalue weighted by molar-refractivity contribution is -0.145. The minimum absolute atomic E-state index is 0.130. The van der Waals surface area contributed by atoms with E-state index in [1.54, 1.807) is 25.1 Å². The zero-order valence-electron chi connectivity index (χ0n) is 13.0. The van der Waals surface area contributed by atoms with Crippen LogP contribution in [0, 0.1) is 5.82 Å². The summed E-state index contributed by atoms with van der Waals surface area (Å²) in [6.45, 7) is 1.60. The van der Waals surface area contributed by atoms with Crippen molar-refractivity contribution in [3.8, 4) is 17.4 Å². The molecule has 0 aliphatic rings. The molecule has 1 aromatic carbocycles. The Labute approximate surface area is 146 Å². The van der Waals surface area contributed by atoms with Crippen LogP contribution in [0.4, 0.5) is 10.2 Å². The number of para-hydroxylation sites is 2. The van der Waals surface area contributed by atoms with E-state index >= 15 is 0 Å². The molecule has 0 spiro atoms. The molecule has 0 aliphatic heterocycles. The van der Waals surface area contributed by atoms with Crippen LogP contribution in [-0.2, 0) is 9.53 Å². The van der Waals surface area contributed by atoms with E-state index in [0.29, 0.717) is 0 Å². The Morgan fingerprint density at radius 1 is 1.40 bits per heavy atom. The minimum atomic E-state index is -0.887. The number of hydrogen-bond donors (Lipinski definition) is 0. The summed E-state index contributed by atoms with van der Waals surface area (Å²) in [5.41, 5.74) is 8.42. The maximum atomic E-state index is 13.6. The van der Waals surface area contributed by atoms with Gasteiger partial charge >= 0.3 is 5.97 Å². The molecule has 0 bridgehead atoms. The molecule has 1 heterocycles. The highest BCUT2D eigenvalue weighted by Gasteiger charge is 2.14. The lowest BCUT2D eigenvalue weighted by Crippen LogP contribution is -2.14. The van der Waals surface area contributed by atoms with E-state index in [2.05, 4.69) is 15.0 Å². The lowest BCUT2D eigenvalue weighted by Gasteiger charge is -2.12. The van der Waals surface area contributed by atoms with Crippen LogP contribution in [0.15, 0.2) is 35.4 Å². The summed E-state index contributed by atoms with van der Waals surface area (Å²) < 4.78 is 29.2. The minimum Gasteiger partial charge on any atom is -0.478 e. The zero-order valence-corrected chi connectivity index (χ0v) is 13.7. The first-order valence-corrected chi connectivity index (χ1v) is 7.39. The third kappa shape index (κ3) is 4.97.